The first-order chi connectivity index (χ1) is 9.19. The molecule has 0 bridgehead atoms. The third kappa shape index (κ3) is 4.48. The number of ether oxygens (including phenoxy) is 1. The molecule has 0 aromatic heterocycles. The molecule has 1 aliphatic rings. The molecule has 0 aliphatic carbocycles. The Hall–Kier alpha value is -0.570. The molecule has 1 heterocycles. The summed E-state index contributed by atoms with van der Waals surface area (Å²) in [7, 11) is 0. The van der Waals surface area contributed by atoms with E-state index in [2.05, 4.69) is 37.4 Å². The molecule has 1 aromatic rings. The van der Waals surface area contributed by atoms with E-state index in [0.717, 1.165) is 31.2 Å². The van der Waals surface area contributed by atoms with Gasteiger partial charge >= 0.3 is 0 Å². The molecule has 0 amide bonds. The van der Waals surface area contributed by atoms with Crippen molar-refractivity contribution in [3.05, 3.63) is 34.3 Å². The van der Waals surface area contributed by atoms with Gasteiger partial charge in [0.1, 0.15) is 0 Å². The highest BCUT2D eigenvalue weighted by Crippen LogP contribution is 2.23. The SMILES string of the molecule is CCNC(Cc1ccc(C)cc1Cl)CC1CCOC1. The standard InChI is InChI=1S/C16H24ClNO/c1-3-18-15(9-13-6-7-19-11-13)10-14-5-4-12(2)8-16(14)17/h4-5,8,13,15,18H,3,6-7,9-11H2,1-2H3. The van der Waals surface area contributed by atoms with Crippen LogP contribution in [0, 0.1) is 12.8 Å². The lowest BCUT2D eigenvalue weighted by Crippen LogP contribution is -2.33. The zero-order chi connectivity index (χ0) is 13.7. The summed E-state index contributed by atoms with van der Waals surface area (Å²) in [6.07, 6.45) is 3.38. The number of hydrogen-bond donors (Lipinski definition) is 1. The summed E-state index contributed by atoms with van der Waals surface area (Å²) in [5, 5.41) is 4.48. The first-order valence-electron chi connectivity index (χ1n) is 7.25. The number of hydrogen-bond acceptors (Lipinski definition) is 2. The van der Waals surface area contributed by atoms with Crippen LogP contribution in [0.2, 0.25) is 5.02 Å². The van der Waals surface area contributed by atoms with Gasteiger partial charge in [0.25, 0.3) is 0 Å². The van der Waals surface area contributed by atoms with Crippen molar-refractivity contribution in [2.24, 2.45) is 5.92 Å². The Morgan fingerprint density at radius 2 is 2.32 bits per heavy atom. The molecule has 1 fully saturated rings. The number of benzene rings is 1. The fourth-order valence-corrected chi connectivity index (χ4v) is 3.09. The van der Waals surface area contributed by atoms with E-state index >= 15 is 0 Å². The van der Waals surface area contributed by atoms with Gasteiger partial charge in [0.15, 0.2) is 0 Å². The zero-order valence-corrected chi connectivity index (χ0v) is 12.7. The average Bonchev–Trinajstić information content (AvgIpc) is 2.86. The van der Waals surface area contributed by atoms with E-state index < -0.39 is 0 Å². The van der Waals surface area contributed by atoms with Crippen LogP contribution in [0.15, 0.2) is 18.2 Å². The Labute approximate surface area is 121 Å². The molecule has 1 aliphatic heterocycles. The van der Waals surface area contributed by atoms with Crippen molar-refractivity contribution in [2.75, 3.05) is 19.8 Å². The summed E-state index contributed by atoms with van der Waals surface area (Å²) in [6, 6.07) is 6.85. The molecular formula is C16H24ClNO. The number of nitrogens with one attached hydrogen (secondary N) is 1. The smallest absolute Gasteiger partial charge is 0.0495 e. The predicted molar refractivity (Wildman–Crippen MR) is 80.9 cm³/mol. The molecule has 2 rings (SSSR count). The number of aryl methyl sites for hydroxylation is 1. The first-order valence-corrected chi connectivity index (χ1v) is 7.63. The quantitative estimate of drug-likeness (QED) is 0.860. The van der Waals surface area contributed by atoms with E-state index in [0.29, 0.717) is 12.0 Å². The van der Waals surface area contributed by atoms with Gasteiger partial charge in [-0.3, -0.25) is 0 Å². The van der Waals surface area contributed by atoms with Crippen LogP contribution in [-0.4, -0.2) is 25.8 Å². The number of likely N-dealkylation sites (N-methyl/N-ethyl adjacent to an activating group) is 1. The van der Waals surface area contributed by atoms with Crippen molar-refractivity contribution < 1.29 is 4.74 Å². The van der Waals surface area contributed by atoms with E-state index in [1.165, 1.54) is 24.0 Å². The fraction of sp³-hybridized carbons (Fsp3) is 0.625. The lowest BCUT2D eigenvalue weighted by molar-refractivity contribution is 0.181. The molecule has 1 N–H and O–H groups in total. The van der Waals surface area contributed by atoms with Gasteiger partial charge in [0.2, 0.25) is 0 Å². The molecule has 19 heavy (non-hydrogen) atoms. The molecular weight excluding hydrogens is 258 g/mol. The summed E-state index contributed by atoms with van der Waals surface area (Å²) in [6.45, 7) is 7.09. The number of rotatable bonds is 6. The van der Waals surface area contributed by atoms with Crippen LogP contribution in [0.1, 0.15) is 30.9 Å². The third-order valence-electron chi connectivity index (χ3n) is 3.81. The molecule has 3 heteroatoms. The van der Waals surface area contributed by atoms with Crippen molar-refractivity contribution in [1.82, 2.24) is 5.32 Å². The maximum Gasteiger partial charge on any atom is 0.0495 e. The molecule has 2 nitrogen and oxygen atoms in total. The van der Waals surface area contributed by atoms with Gasteiger partial charge in [0, 0.05) is 24.3 Å². The maximum absolute atomic E-state index is 6.34. The van der Waals surface area contributed by atoms with Gasteiger partial charge in [-0.2, -0.15) is 0 Å². The first kappa shape index (κ1) is 14.8. The lowest BCUT2D eigenvalue weighted by Gasteiger charge is -2.21. The minimum atomic E-state index is 0.497. The van der Waals surface area contributed by atoms with Crippen LogP contribution >= 0.6 is 11.6 Å². The third-order valence-corrected chi connectivity index (χ3v) is 4.16. The molecule has 1 aromatic carbocycles. The van der Waals surface area contributed by atoms with Gasteiger partial charge in [0.05, 0.1) is 0 Å². The number of halogens is 1. The van der Waals surface area contributed by atoms with E-state index in [4.69, 9.17) is 16.3 Å². The van der Waals surface area contributed by atoms with E-state index in [1.54, 1.807) is 0 Å². The van der Waals surface area contributed by atoms with Crippen molar-refractivity contribution in [1.29, 1.82) is 0 Å². The van der Waals surface area contributed by atoms with Crippen molar-refractivity contribution in [3.8, 4) is 0 Å². The van der Waals surface area contributed by atoms with E-state index in [-0.39, 0.29) is 0 Å². The topological polar surface area (TPSA) is 21.3 Å². The van der Waals surface area contributed by atoms with Crippen LogP contribution in [0.5, 0.6) is 0 Å². The Balaban J connectivity index is 1.98. The molecule has 0 spiro atoms. The Kier molecular flexibility index (Phi) is 5.68. The van der Waals surface area contributed by atoms with Gasteiger partial charge < -0.3 is 10.1 Å². The molecule has 106 valence electrons. The largest absolute Gasteiger partial charge is 0.381 e. The monoisotopic (exact) mass is 281 g/mol. The maximum atomic E-state index is 6.34. The minimum Gasteiger partial charge on any atom is -0.381 e. The van der Waals surface area contributed by atoms with Crippen LogP contribution in [0.4, 0.5) is 0 Å². The lowest BCUT2D eigenvalue weighted by atomic mass is 9.94. The molecule has 0 radical (unpaired) electrons. The van der Waals surface area contributed by atoms with Gasteiger partial charge in [-0.25, -0.2) is 0 Å². The normalized spacial score (nSPS) is 20.7. The van der Waals surface area contributed by atoms with Gasteiger partial charge in [-0.05, 0) is 55.8 Å². The van der Waals surface area contributed by atoms with Gasteiger partial charge in [-0.1, -0.05) is 30.7 Å². The minimum absolute atomic E-state index is 0.497. The summed E-state index contributed by atoms with van der Waals surface area (Å²) in [4.78, 5) is 0. The predicted octanol–water partition coefficient (Wildman–Crippen LogP) is 3.60. The summed E-state index contributed by atoms with van der Waals surface area (Å²) < 4.78 is 5.47. The molecule has 2 unspecified atom stereocenters. The van der Waals surface area contributed by atoms with Crippen LogP contribution in [0.25, 0.3) is 0 Å². The Morgan fingerprint density at radius 3 is 2.95 bits per heavy atom. The van der Waals surface area contributed by atoms with Crippen LogP contribution in [0.3, 0.4) is 0 Å². The summed E-state index contributed by atoms with van der Waals surface area (Å²) in [5.41, 5.74) is 2.47. The zero-order valence-electron chi connectivity index (χ0n) is 11.9. The average molecular weight is 282 g/mol. The van der Waals surface area contributed by atoms with Crippen LogP contribution < -0.4 is 5.32 Å². The molecule has 1 saturated heterocycles. The Bertz CT molecular complexity index is 402. The fourth-order valence-electron chi connectivity index (χ4n) is 2.78. The van der Waals surface area contributed by atoms with Crippen molar-refractivity contribution in [3.63, 3.8) is 0 Å². The van der Waals surface area contributed by atoms with Crippen molar-refractivity contribution in [2.45, 2.75) is 39.2 Å². The Morgan fingerprint density at radius 1 is 1.47 bits per heavy atom. The van der Waals surface area contributed by atoms with E-state index in [1.807, 2.05) is 0 Å². The second-order valence-corrected chi connectivity index (χ2v) is 5.93. The highest BCUT2D eigenvalue weighted by Gasteiger charge is 2.21. The van der Waals surface area contributed by atoms with Gasteiger partial charge in [-0.15, -0.1) is 0 Å². The highest BCUT2D eigenvalue weighted by molar-refractivity contribution is 6.31. The summed E-state index contributed by atoms with van der Waals surface area (Å²) in [5.74, 6) is 0.702. The second-order valence-electron chi connectivity index (χ2n) is 5.52. The molecule has 0 saturated carbocycles. The van der Waals surface area contributed by atoms with Crippen LogP contribution in [-0.2, 0) is 11.2 Å². The summed E-state index contributed by atoms with van der Waals surface area (Å²) >= 11 is 6.34. The molecule has 2 atom stereocenters. The second kappa shape index (κ2) is 7.28. The highest BCUT2D eigenvalue weighted by atomic mass is 35.5. The van der Waals surface area contributed by atoms with Crippen molar-refractivity contribution >= 4 is 11.6 Å². The van der Waals surface area contributed by atoms with E-state index in [9.17, 15) is 0 Å².